The highest BCUT2D eigenvalue weighted by Crippen LogP contribution is 2.58. The van der Waals surface area contributed by atoms with Crippen molar-refractivity contribution in [2.45, 2.75) is 19.3 Å². The standard InChI is InChI=1S/C61H46N2/c1-61(2)56-42-50(62(47-26-11-5-12-27-47)58-34-20-19-33-54(58)53-32-18-17-30-51(53)45-23-9-4-10-24-45)39-40-55(56)59-57(61)41-46-25-15-16-31-52(46)60(59)63(48-28-13-6-14-29-48)49-37-35-44(36-38-49)43-21-7-3-8-22-43/h3-42H,1-2H3. The zero-order valence-electron chi connectivity index (χ0n) is 35.5. The van der Waals surface area contributed by atoms with Crippen LogP contribution < -0.4 is 9.80 Å². The lowest BCUT2D eigenvalue weighted by Gasteiger charge is -2.30. The Bertz CT molecular complexity index is 3230. The summed E-state index contributed by atoms with van der Waals surface area (Å²) in [6.07, 6.45) is 0. The van der Waals surface area contributed by atoms with Gasteiger partial charge in [0.2, 0.25) is 0 Å². The third-order valence-electron chi connectivity index (χ3n) is 12.8. The fourth-order valence-electron chi connectivity index (χ4n) is 9.78. The van der Waals surface area contributed by atoms with Crippen molar-refractivity contribution < 1.29 is 0 Å². The zero-order chi connectivity index (χ0) is 42.3. The van der Waals surface area contributed by atoms with Gasteiger partial charge in [-0.3, -0.25) is 0 Å². The summed E-state index contributed by atoms with van der Waals surface area (Å²) < 4.78 is 0. The molecule has 11 rings (SSSR count). The molecule has 0 spiro atoms. The predicted molar refractivity (Wildman–Crippen MR) is 267 cm³/mol. The van der Waals surface area contributed by atoms with Crippen molar-refractivity contribution in [2.75, 3.05) is 9.80 Å². The van der Waals surface area contributed by atoms with E-state index in [1.807, 2.05) is 0 Å². The highest BCUT2D eigenvalue weighted by Gasteiger charge is 2.40. The van der Waals surface area contributed by atoms with E-state index in [1.54, 1.807) is 0 Å². The Kier molecular flexibility index (Phi) is 9.55. The highest BCUT2D eigenvalue weighted by molar-refractivity contribution is 6.10. The Hall–Kier alpha value is -7.94. The molecule has 2 heteroatoms. The zero-order valence-corrected chi connectivity index (χ0v) is 35.5. The van der Waals surface area contributed by atoms with Crippen molar-refractivity contribution in [1.29, 1.82) is 0 Å². The van der Waals surface area contributed by atoms with Crippen LogP contribution >= 0.6 is 0 Å². The molecule has 0 bridgehead atoms. The molecule has 0 heterocycles. The molecule has 63 heavy (non-hydrogen) atoms. The van der Waals surface area contributed by atoms with Crippen molar-refractivity contribution in [3.05, 3.63) is 254 Å². The van der Waals surface area contributed by atoms with Crippen molar-refractivity contribution >= 4 is 44.9 Å². The molecule has 2 nitrogen and oxygen atoms in total. The van der Waals surface area contributed by atoms with Gasteiger partial charge in [0.15, 0.2) is 0 Å². The molecule has 0 fully saturated rings. The molecule has 10 aromatic carbocycles. The Morgan fingerprint density at radius 3 is 1.49 bits per heavy atom. The lowest BCUT2D eigenvalue weighted by Crippen LogP contribution is -2.17. The van der Waals surface area contributed by atoms with Crippen LogP contribution in [0.25, 0.3) is 55.3 Å². The number of hydrogen-bond donors (Lipinski definition) is 0. The van der Waals surface area contributed by atoms with Gasteiger partial charge in [-0.05, 0) is 111 Å². The Morgan fingerprint density at radius 2 is 0.810 bits per heavy atom. The minimum absolute atomic E-state index is 0.305. The largest absolute Gasteiger partial charge is 0.310 e. The average Bonchev–Trinajstić information content (AvgIpc) is 3.57. The van der Waals surface area contributed by atoms with E-state index in [-0.39, 0.29) is 5.41 Å². The molecule has 0 amide bonds. The van der Waals surface area contributed by atoms with Crippen LogP contribution in [0.4, 0.5) is 34.1 Å². The number of rotatable bonds is 9. The lowest BCUT2D eigenvalue weighted by atomic mass is 9.81. The second kappa shape index (κ2) is 15.8. The number of fused-ring (bicyclic) bond motifs is 4. The van der Waals surface area contributed by atoms with E-state index >= 15 is 0 Å². The first-order valence-electron chi connectivity index (χ1n) is 21.9. The van der Waals surface area contributed by atoms with Crippen molar-refractivity contribution in [2.24, 2.45) is 0 Å². The summed E-state index contributed by atoms with van der Waals surface area (Å²) in [6, 6.07) is 88.2. The second-order valence-corrected chi connectivity index (χ2v) is 16.9. The molecule has 0 atom stereocenters. The summed E-state index contributed by atoms with van der Waals surface area (Å²) in [7, 11) is 0. The van der Waals surface area contributed by atoms with Gasteiger partial charge in [-0.2, -0.15) is 0 Å². The molecule has 10 aromatic rings. The molecule has 0 N–H and O–H groups in total. The minimum atomic E-state index is -0.305. The van der Waals surface area contributed by atoms with Gasteiger partial charge in [0, 0.05) is 44.7 Å². The van der Waals surface area contributed by atoms with Gasteiger partial charge in [-0.25, -0.2) is 0 Å². The van der Waals surface area contributed by atoms with Crippen LogP contribution in [0.5, 0.6) is 0 Å². The van der Waals surface area contributed by atoms with E-state index in [0.717, 1.165) is 28.4 Å². The quantitative estimate of drug-likeness (QED) is 0.143. The van der Waals surface area contributed by atoms with E-state index in [1.165, 1.54) is 72.1 Å². The molecular weight excluding hydrogens is 761 g/mol. The number of nitrogens with zero attached hydrogens (tertiary/aromatic N) is 2. The van der Waals surface area contributed by atoms with Crippen LogP contribution in [-0.4, -0.2) is 0 Å². The number of anilines is 6. The topological polar surface area (TPSA) is 6.48 Å². The summed E-state index contributed by atoms with van der Waals surface area (Å²) in [4.78, 5) is 4.92. The third-order valence-corrected chi connectivity index (χ3v) is 12.8. The third kappa shape index (κ3) is 6.68. The Balaban J connectivity index is 1.12. The maximum absolute atomic E-state index is 2.48. The molecule has 1 aliphatic carbocycles. The van der Waals surface area contributed by atoms with Crippen LogP contribution in [0.3, 0.4) is 0 Å². The molecule has 0 aliphatic heterocycles. The van der Waals surface area contributed by atoms with Crippen molar-refractivity contribution in [3.63, 3.8) is 0 Å². The van der Waals surface area contributed by atoms with Crippen LogP contribution in [0, 0.1) is 0 Å². The van der Waals surface area contributed by atoms with Crippen molar-refractivity contribution in [1.82, 2.24) is 0 Å². The number of hydrogen-bond acceptors (Lipinski definition) is 2. The maximum atomic E-state index is 2.48. The van der Waals surface area contributed by atoms with Gasteiger partial charge in [0.05, 0.1) is 11.4 Å². The van der Waals surface area contributed by atoms with Crippen LogP contribution in [0.2, 0.25) is 0 Å². The van der Waals surface area contributed by atoms with Crippen molar-refractivity contribution in [3.8, 4) is 44.5 Å². The van der Waals surface area contributed by atoms with E-state index in [0.29, 0.717) is 0 Å². The molecular formula is C61H46N2. The second-order valence-electron chi connectivity index (χ2n) is 16.9. The normalized spacial score (nSPS) is 12.4. The Labute approximate surface area is 370 Å². The predicted octanol–water partition coefficient (Wildman–Crippen LogP) is 17.1. The first-order chi connectivity index (χ1) is 31.0. The summed E-state index contributed by atoms with van der Waals surface area (Å²) in [5.41, 5.74) is 18.8. The number of para-hydroxylation sites is 3. The first-order valence-corrected chi connectivity index (χ1v) is 21.9. The van der Waals surface area contributed by atoms with Gasteiger partial charge in [-0.1, -0.05) is 196 Å². The monoisotopic (exact) mass is 806 g/mol. The SMILES string of the molecule is CC1(C)c2cc(N(c3ccccc3)c3ccccc3-c3ccccc3-c3ccccc3)ccc2-c2c1cc1ccccc1c2N(c1ccccc1)c1ccc(-c2ccccc2)cc1. The lowest BCUT2D eigenvalue weighted by molar-refractivity contribution is 0.661. The summed E-state index contributed by atoms with van der Waals surface area (Å²) in [6.45, 7) is 4.80. The van der Waals surface area contributed by atoms with Gasteiger partial charge in [0.1, 0.15) is 0 Å². The van der Waals surface area contributed by atoms with E-state index in [9.17, 15) is 0 Å². The summed E-state index contributed by atoms with van der Waals surface area (Å²) in [5.74, 6) is 0. The van der Waals surface area contributed by atoms with Crippen LogP contribution in [0.1, 0.15) is 25.0 Å². The Morgan fingerprint density at radius 1 is 0.317 bits per heavy atom. The van der Waals surface area contributed by atoms with Gasteiger partial charge in [0.25, 0.3) is 0 Å². The van der Waals surface area contributed by atoms with E-state index in [2.05, 4.69) is 266 Å². The smallest absolute Gasteiger partial charge is 0.0621 e. The van der Waals surface area contributed by atoms with E-state index < -0.39 is 0 Å². The maximum Gasteiger partial charge on any atom is 0.0621 e. The first kappa shape index (κ1) is 38.0. The fraction of sp³-hybridized carbons (Fsp3) is 0.0492. The fourth-order valence-corrected chi connectivity index (χ4v) is 9.78. The molecule has 0 unspecified atom stereocenters. The van der Waals surface area contributed by atoms with Gasteiger partial charge in [-0.15, -0.1) is 0 Å². The minimum Gasteiger partial charge on any atom is -0.310 e. The van der Waals surface area contributed by atoms with E-state index in [4.69, 9.17) is 0 Å². The molecule has 300 valence electrons. The number of benzene rings is 10. The summed E-state index contributed by atoms with van der Waals surface area (Å²) >= 11 is 0. The van der Waals surface area contributed by atoms with Gasteiger partial charge >= 0.3 is 0 Å². The molecule has 1 aliphatic rings. The summed E-state index contributed by atoms with van der Waals surface area (Å²) in [5, 5.41) is 2.45. The van der Waals surface area contributed by atoms with Gasteiger partial charge < -0.3 is 9.80 Å². The average molecular weight is 807 g/mol. The molecule has 0 saturated carbocycles. The molecule has 0 saturated heterocycles. The highest BCUT2D eigenvalue weighted by atomic mass is 15.2. The molecule has 0 radical (unpaired) electrons. The molecule has 0 aromatic heterocycles. The van der Waals surface area contributed by atoms with Crippen LogP contribution in [-0.2, 0) is 5.41 Å². The van der Waals surface area contributed by atoms with Crippen LogP contribution in [0.15, 0.2) is 243 Å².